The summed E-state index contributed by atoms with van der Waals surface area (Å²) in [5.74, 6) is 6.14. The Bertz CT molecular complexity index is 783. The van der Waals surface area contributed by atoms with E-state index in [-0.39, 0.29) is 5.63 Å². The Morgan fingerprint density at radius 1 is 1.35 bits per heavy atom. The van der Waals surface area contributed by atoms with Gasteiger partial charge in [0.05, 0.1) is 12.2 Å². The first-order valence-corrected chi connectivity index (χ1v) is 8.04. The van der Waals surface area contributed by atoms with Gasteiger partial charge in [-0.1, -0.05) is 19.0 Å². The maximum Gasteiger partial charge on any atom is 0.338 e. The Morgan fingerprint density at radius 2 is 2.13 bits per heavy atom. The third-order valence-electron chi connectivity index (χ3n) is 4.15. The molecule has 1 aliphatic heterocycles. The molecular weight excluding hydrogens is 287 g/mol. The largest absolute Gasteiger partial charge is 0.423 e. The first kappa shape index (κ1) is 15.7. The molecule has 5 heteroatoms. The summed E-state index contributed by atoms with van der Waals surface area (Å²) in [6.07, 6.45) is 2.10. The van der Waals surface area contributed by atoms with Gasteiger partial charge in [0.2, 0.25) is 7.28 Å². The van der Waals surface area contributed by atoms with Crippen LogP contribution in [-0.2, 0) is 0 Å². The van der Waals surface area contributed by atoms with Crippen LogP contribution in [0.3, 0.4) is 0 Å². The van der Waals surface area contributed by atoms with Crippen LogP contribution >= 0.6 is 0 Å². The molecule has 0 amide bonds. The molecule has 1 aliphatic rings. The minimum Gasteiger partial charge on any atom is -0.423 e. The van der Waals surface area contributed by atoms with Gasteiger partial charge < -0.3 is 9.73 Å². The quantitative estimate of drug-likeness (QED) is 0.537. The van der Waals surface area contributed by atoms with Crippen LogP contribution in [0.5, 0.6) is 0 Å². The van der Waals surface area contributed by atoms with Gasteiger partial charge in [0.1, 0.15) is 5.58 Å². The molecule has 4 nitrogen and oxygen atoms in total. The van der Waals surface area contributed by atoms with Crippen LogP contribution in [-0.4, -0.2) is 37.9 Å². The summed E-state index contributed by atoms with van der Waals surface area (Å²) in [6, 6.07) is 9.57. The van der Waals surface area contributed by atoms with Crippen LogP contribution in [0.4, 0.5) is 5.69 Å². The number of hydrogen-bond acceptors (Lipinski definition) is 4. The number of rotatable bonds is 3. The normalized spacial score (nSPS) is 15.9. The van der Waals surface area contributed by atoms with E-state index in [4.69, 9.17) is 4.42 Å². The fourth-order valence-electron chi connectivity index (χ4n) is 2.95. The van der Waals surface area contributed by atoms with E-state index in [9.17, 15) is 4.79 Å². The fraction of sp³-hybridized carbons (Fsp3) is 0.389. The van der Waals surface area contributed by atoms with E-state index >= 15 is 0 Å². The standard InChI is InChI=1S/C18H20BN2O2/c1-19-9-4-10-21-11-7-14(8-12-21)20-16-13-18(22)23-17-6-3-2-5-15(16)17/h2-3,5-6,13-14,20H,7-8,10-12H2,1H3. The molecule has 3 rings (SSSR count). The van der Waals surface area contributed by atoms with Crippen molar-refractivity contribution in [3.8, 4) is 11.7 Å². The molecule has 1 N–H and O–H groups in total. The molecule has 1 aromatic carbocycles. The number of fused-ring (bicyclic) bond motifs is 1. The summed E-state index contributed by atoms with van der Waals surface area (Å²) in [6.45, 7) is 4.82. The third kappa shape index (κ3) is 3.97. The molecule has 2 aromatic rings. The van der Waals surface area contributed by atoms with E-state index in [0.29, 0.717) is 11.6 Å². The summed E-state index contributed by atoms with van der Waals surface area (Å²) >= 11 is 0. The zero-order valence-corrected chi connectivity index (χ0v) is 13.3. The van der Waals surface area contributed by atoms with Crippen LogP contribution in [0.15, 0.2) is 39.5 Å². The minimum atomic E-state index is -0.310. The van der Waals surface area contributed by atoms with Gasteiger partial charge in [-0.15, -0.1) is 5.92 Å². The summed E-state index contributed by atoms with van der Waals surface area (Å²) in [4.78, 5) is 14.1. The topological polar surface area (TPSA) is 45.5 Å². The predicted octanol–water partition coefficient (Wildman–Crippen LogP) is 2.38. The molecule has 0 unspecified atom stereocenters. The molecule has 23 heavy (non-hydrogen) atoms. The molecule has 0 saturated carbocycles. The SMILES string of the molecule is C[B]C#CCN1CCC(Nc2cc(=O)oc3ccccc23)CC1. The van der Waals surface area contributed by atoms with Crippen molar-refractivity contribution < 1.29 is 4.42 Å². The highest BCUT2D eigenvalue weighted by Crippen LogP contribution is 2.23. The Balaban J connectivity index is 1.66. The highest BCUT2D eigenvalue weighted by molar-refractivity contribution is 6.44. The second-order valence-corrected chi connectivity index (χ2v) is 5.78. The molecule has 0 spiro atoms. The summed E-state index contributed by atoms with van der Waals surface area (Å²) in [5.41, 5.74) is 1.19. The van der Waals surface area contributed by atoms with Gasteiger partial charge in [-0.25, -0.2) is 4.79 Å². The maximum absolute atomic E-state index is 11.7. The van der Waals surface area contributed by atoms with Crippen LogP contribution in [0.1, 0.15) is 12.8 Å². The highest BCUT2D eigenvalue weighted by Gasteiger charge is 2.19. The van der Waals surface area contributed by atoms with Crippen molar-refractivity contribution in [3.05, 3.63) is 40.8 Å². The highest BCUT2D eigenvalue weighted by atomic mass is 16.4. The van der Waals surface area contributed by atoms with Crippen molar-refractivity contribution in [2.24, 2.45) is 0 Å². The Morgan fingerprint density at radius 3 is 2.91 bits per heavy atom. The van der Waals surface area contributed by atoms with Crippen LogP contribution in [0, 0.1) is 11.7 Å². The van der Waals surface area contributed by atoms with Gasteiger partial charge in [0.15, 0.2) is 0 Å². The van der Waals surface area contributed by atoms with Crippen molar-refractivity contribution in [2.75, 3.05) is 25.0 Å². The van der Waals surface area contributed by atoms with Gasteiger partial charge in [-0.2, -0.15) is 5.82 Å². The van der Waals surface area contributed by atoms with E-state index in [2.05, 4.69) is 22.0 Å². The molecule has 1 saturated heterocycles. The summed E-state index contributed by atoms with van der Waals surface area (Å²) in [7, 11) is 1.88. The number of hydrogen-bond donors (Lipinski definition) is 1. The number of nitrogens with zero attached hydrogens (tertiary/aromatic N) is 1. The van der Waals surface area contributed by atoms with E-state index in [0.717, 1.165) is 43.5 Å². The molecular formula is C18H20BN2O2. The van der Waals surface area contributed by atoms with Crippen LogP contribution in [0.2, 0.25) is 6.82 Å². The number of para-hydroxylation sites is 1. The van der Waals surface area contributed by atoms with Crippen molar-refractivity contribution >= 4 is 23.9 Å². The predicted molar refractivity (Wildman–Crippen MR) is 95.0 cm³/mol. The molecule has 1 aromatic heterocycles. The maximum atomic E-state index is 11.7. The van der Waals surface area contributed by atoms with E-state index in [1.807, 2.05) is 38.4 Å². The van der Waals surface area contributed by atoms with Crippen LogP contribution < -0.4 is 10.9 Å². The Kier molecular flexibility index (Phi) is 5.04. The van der Waals surface area contributed by atoms with Crippen molar-refractivity contribution in [1.29, 1.82) is 0 Å². The smallest absolute Gasteiger partial charge is 0.338 e. The molecule has 0 atom stereocenters. The second kappa shape index (κ2) is 7.39. The summed E-state index contributed by atoms with van der Waals surface area (Å²) < 4.78 is 5.24. The number of likely N-dealkylation sites (tertiary alicyclic amines) is 1. The second-order valence-electron chi connectivity index (χ2n) is 5.78. The van der Waals surface area contributed by atoms with E-state index in [1.54, 1.807) is 6.07 Å². The minimum absolute atomic E-state index is 0.310. The number of benzene rings is 1. The average Bonchev–Trinajstić information content (AvgIpc) is 2.56. The molecule has 0 bridgehead atoms. The fourth-order valence-corrected chi connectivity index (χ4v) is 2.95. The Labute approximate surface area is 137 Å². The van der Waals surface area contributed by atoms with E-state index < -0.39 is 0 Å². The summed E-state index contributed by atoms with van der Waals surface area (Å²) in [5, 5.41) is 4.48. The lowest BCUT2D eigenvalue weighted by Gasteiger charge is -2.31. The van der Waals surface area contributed by atoms with Crippen molar-refractivity contribution in [1.82, 2.24) is 4.90 Å². The van der Waals surface area contributed by atoms with Gasteiger partial charge in [0, 0.05) is 30.6 Å². The van der Waals surface area contributed by atoms with Crippen molar-refractivity contribution in [3.63, 3.8) is 0 Å². The van der Waals surface area contributed by atoms with E-state index in [1.165, 1.54) is 0 Å². The van der Waals surface area contributed by atoms with Crippen molar-refractivity contribution in [2.45, 2.75) is 25.7 Å². The first-order valence-electron chi connectivity index (χ1n) is 8.04. The van der Waals surface area contributed by atoms with Gasteiger partial charge in [-0.3, -0.25) is 4.90 Å². The number of anilines is 1. The Hall–Kier alpha value is -2.19. The number of piperidine rings is 1. The molecule has 1 fully saturated rings. The molecule has 117 valence electrons. The van der Waals surface area contributed by atoms with Gasteiger partial charge in [-0.05, 0) is 25.0 Å². The number of nitrogens with one attached hydrogen (secondary N) is 1. The lowest BCUT2D eigenvalue weighted by atomic mass is 9.84. The third-order valence-corrected chi connectivity index (χ3v) is 4.15. The zero-order chi connectivity index (χ0) is 16.1. The molecule has 2 heterocycles. The molecule has 0 aliphatic carbocycles. The molecule has 1 radical (unpaired) electrons. The zero-order valence-electron chi connectivity index (χ0n) is 13.3. The lowest BCUT2D eigenvalue weighted by molar-refractivity contribution is 0.243. The monoisotopic (exact) mass is 307 g/mol. The lowest BCUT2D eigenvalue weighted by Crippen LogP contribution is -2.39. The van der Waals surface area contributed by atoms with Crippen LogP contribution in [0.25, 0.3) is 11.0 Å². The van der Waals surface area contributed by atoms with Gasteiger partial charge in [0.25, 0.3) is 0 Å². The first-order chi connectivity index (χ1) is 11.3. The van der Waals surface area contributed by atoms with Gasteiger partial charge >= 0.3 is 5.63 Å². The average molecular weight is 307 g/mol.